The highest BCUT2D eigenvalue weighted by Gasteiger charge is 2.26. The molecule has 1 aromatic rings. The molecule has 122 valence electrons. The Morgan fingerprint density at radius 2 is 2.00 bits per heavy atom. The van der Waals surface area contributed by atoms with Crippen molar-refractivity contribution in [1.82, 2.24) is 10.0 Å². The lowest BCUT2D eigenvalue weighted by molar-refractivity contribution is -0.135. The van der Waals surface area contributed by atoms with Crippen LogP contribution in [0.2, 0.25) is 0 Å². The molecule has 0 amide bonds. The molecule has 0 aliphatic carbocycles. The lowest BCUT2D eigenvalue weighted by Gasteiger charge is -2.07. The van der Waals surface area contributed by atoms with Gasteiger partial charge in [0, 0.05) is 29.8 Å². The fourth-order valence-corrected chi connectivity index (χ4v) is 3.90. The largest absolute Gasteiger partial charge is 0.389 e. The zero-order valence-corrected chi connectivity index (χ0v) is 13.3. The number of unbranched alkanes of at least 4 members (excludes halogenated alkanes) is 1. The minimum absolute atomic E-state index is 0.0107. The normalized spacial score (nSPS) is 12.8. The lowest BCUT2D eigenvalue weighted by atomic mass is 10.2. The van der Waals surface area contributed by atoms with Gasteiger partial charge in [-0.1, -0.05) is 6.92 Å². The summed E-state index contributed by atoms with van der Waals surface area (Å²) in [6, 6.07) is 1.57. The summed E-state index contributed by atoms with van der Waals surface area (Å²) in [5, 5.41) is 4.62. The molecule has 1 aromatic heterocycles. The predicted octanol–water partition coefficient (Wildman–Crippen LogP) is 2.87. The van der Waals surface area contributed by atoms with Gasteiger partial charge >= 0.3 is 6.18 Å². The third-order valence-electron chi connectivity index (χ3n) is 2.67. The van der Waals surface area contributed by atoms with Gasteiger partial charge in [0.2, 0.25) is 10.0 Å². The molecular formula is C12H19F3N2O2S2. The summed E-state index contributed by atoms with van der Waals surface area (Å²) in [7, 11) is -3.63. The van der Waals surface area contributed by atoms with Crippen molar-refractivity contribution in [3.05, 3.63) is 16.3 Å². The Morgan fingerprint density at radius 3 is 2.62 bits per heavy atom. The van der Waals surface area contributed by atoms with Crippen LogP contribution in [0, 0.1) is 0 Å². The Bertz CT molecular complexity index is 527. The molecule has 21 heavy (non-hydrogen) atoms. The molecule has 1 rings (SSSR count). The Labute approximate surface area is 126 Å². The summed E-state index contributed by atoms with van der Waals surface area (Å²) in [5.41, 5.74) is 0. The van der Waals surface area contributed by atoms with E-state index in [1.54, 1.807) is 6.07 Å². The molecule has 0 aliphatic heterocycles. The molecule has 0 unspecified atom stereocenters. The van der Waals surface area contributed by atoms with E-state index in [0.717, 1.165) is 11.4 Å². The molecule has 1 heterocycles. The molecule has 2 N–H and O–H groups in total. The van der Waals surface area contributed by atoms with Gasteiger partial charge in [-0.3, -0.25) is 0 Å². The first-order valence-corrected chi connectivity index (χ1v) is 8.95. The van der Waals surface area contributed by atoms with Crippen molar-refractivity contribution in [3.63, 3.8) is 0 Å². The van der Waals surface area contributed by atoms with Crippen molar-refractivity contribution in [2.75, 3.05) is 13.1 Å². The second-order valence-electron chi connectivity index (χ2n) is 4.50. The van der Waals surface area contributed by atoms with Gasteiger partial charge in [-0.25, -0.2) is 13.1 Å². The number of thiophene rings is 1. The van der Waals surface area contributed by atoms with Gasteiger partial charge < -0.3 is 5.32 Å². The van der Waals surface area contributed by atoms with E-state index in [2.05, 4.69) is 10.0 Å². The predicted molar refractivity (Wildman–Crippen MR) is 76.8 cm³/mol. The van der Waals surface area contributed by atoms with Crippen LogP contribution in [0.25, 0.3) is 0 Å². The summed E-state index contributed by atoms with van der Waals surface area (Å²) in [4.78, 5) is 1.06. The maximum Gasteiger partial charge on any atom is 0.389 e. The average molecular weight is 344 g/mol. The standard InChI is InChI=1S/C12H19F3N2O2S2/c1-2-16-8-10-7-11(9-20-10)21(18,19)17-6-4-3-5-12(13,14)15/h7,9,16-17H,2-6,8H2,1H3. The molecular weight excluding hydrogens is 325 g/mol. The van der Waals surface area contributed by atoms with Gasteiger partial charge in [-0.05, 0) is 25.5 Å². The number of rotatable bonds is 9. The zero-order chi connectivity index (χ0) is 15.9. The topological polar surface area (TPSA) is 58.2 Å². The summed E-state index contributed by atoms with van der Waals surface area (Å²) in [6.45, 7) is 3.35. The van der Waals surface area contributed by atoms with E-state index < -0.39 is 22.6 Å². The van der Waals surface area contributed by atoms with Gasteiger partial charge in [-0.2, -0.15) is 13.2 Å². The second-order valence-corrected chi connectivity index (χ2v) is 7.26. The Morgan fingerprint density at radius 1 is 1.29 bits per heavy atom. The van der Waals surface area contributed by atoms with Crippen LogP contribution in [-0.2, 0) is 16.6 Å². The second kappa shape index (κ2) is 8.11. The first-order chi connectivity index (χ1) is 9.74. The van der Waals surface area contributed by atoms with Crippen molar-refractivity contribution in [2.45, 2.75) is 43.8 Å². The van der Waals surface area contributed by atoms with E-state index in [1.807, 2.05) is 6.92 Å². The van der Waals surface area contributed by atoms with Crippen LogP contribution < -0.4 is 10.0 Å². The van der Waals surface area contributed by atoms with Gasteiger partial charge in [0.15, 0.2) is 0 Å². The van der Waals surface area contributed by atoms with Crippen molar-refractivity contribution < 1.29 is 21.6 Å². The number of hydrogen-bond acceptors (Lipinski definition) is 4. The highest BCUT2D eigenvalue weighted by Crippen LogP contribution is 2.22. The van der Waals surface area contributed by atoms with Gasteiger partial charge in [0.05, 0.1) is 4.90 Å². The lowest BCUT2D eigenvalue weighted by Crippen LogP contribution is -2.24. The quantitative estimate of drug-likeness (QED) is 0.677. The molecule has 0 aliphatic rings. The summed E-state index contributed by atoms with van der Waals surface area (Å²) in [5.74, 6) is 0. The zero-order valence-electron chi connectivity index (χ0n) is 11.7. The number of halogens is 3. The van der Waals surface area contributed by atoms with Crippen LogP contribution in [0.3, 0.4) is 0 Å². The SMILES string of the molecule is CCNCc1cc(S(=O)(=O)NCCCCC(F)(F)F)cs1. The van der Waals surface area contributed by atoms with Crippen LogP contribution in [0.5, 0.6) is 0 Å². The average Bonchev–Trinajstić information content (AvgIpc) is 2.84. The van der Waals surface area contributed by atoms with E-state index in [1.165, 1.54) is 16.7 Å². The molecule has 0 saturated carbocycles. The van der Waals surface area contributed by atoms with Crippen molar-refractivity contribution in [2.24, 2.45) is 0 Å². The fraction of sp³-hybridized carbons (Fsp3) is 0.667. The van der Waals surface area contributed by atoms with Gasteiger partial charge in [-0.15, -0.1) is 11.3 Å². The number of alkyl halides is 3. The fourth-order valence-electron chi connectivity index (χ4n) is 1.58. The van der Waals surface area contributed by atoms with Crippen LogP contribution in [0.4, 0.5) is 13.2 Å². The van der Waals surface area contributed by atoms with Crippen LogP contribution in [-0.4, -0.2) is 27.7 Å². The van der Waals surface area contributed by atoms with E-state index in [-0.39, 0.29) is 24.3 Å². The first-order valence-electron chi connectivity index (χ1n) is 6.59. The maximum atomic E-state index is 11.9. The third-order valence-corrected chi connectivity index (χ3v) is 5.19. The Balaban J connectivity index is 2.41. The van der Waals surface area contributed by atoms with Crippen LogP contribution >= 0.6 is 11.3 Å². The molecule has 0 radical (unpaired) electrons. The van der Waals surface area contributed by atoms with Crippen LogP contribution in [0.1, 0.15) is 31.1 Å². The summed E-state index contributed by atoms with van der Waals surface area (Å²) in [6.07, 6.45) is -5.00. The molecule has 0 aromatic carbocycles. The van der Waals surface area contributed by atoms with Crippen molar-refractivity contribution in [3.8, 4) is 0 Å². The maximum absolute atomic E-state index is 11.9. The first kappa shape index (κ1) is 18.4. The molecule has 9 heteroatoms. The van der Waals surface area contributed by atoms with E-state index in [4.69, 9.17) is 0 Å². The molecule has 0 bridgehead atoms. The van der Waals surface area contributed by atoms with E-state index >= 15 is 0 Å². The molecule has 4 nitrogen and oxygen atoms in total. The number of hydrogen-bond donors (Lipinski definition) is 2. The minimum Gasteiger partial charge on any atom is -0.312 e. The van der Waals surface area contributed by atoms with Crippen LogP contribution in [0.15, 0.2) is 16.3 Å². The van der Waals surface area contributed by atoms with Crippen molar-refractivity contribution >= 4 is 21.4 Å². The highest BCUT2D eigenvalue weighted by molar-refractivity contribution is 7.89. The highest BCUT2D eigenvalue weighted by atomic mass is 32.2. The monoisotopic (exact) mass is 344 g/mol. The number of sulfonamides is 1. The van der Waals surface area contributed by atoms with Gasteiger partial charge in [0.1, 0.15) is 0 Å². The van der Waals surface area contributed by atoms with E-state index in [9.17, 15) is 21.6 Å². The Kier molecular flexibility index (Phi) is 7.11. The minimum atomic E-state index is -4.19. The summed E-state index contributed by atoms with van der Waals surface area (Å²) < 4.78 is 62.0. The summed E-state index contributed by atoms with van der Waals surface area (Å²) >= 11 is 1.33. The molecule has 0 saturated heterocycles. The number of nitrogens with one attached hydrogen (secondary N) is 2. The Hall–Kier alpha value is -0.640. The third kappa shape index (κ3) is 7.25. The van der Waals surface area contributed by atoms with E-state index in [0.29, 0.717) is 6.54 Å². The smallest absolute Gasteiger partial charge is 0.312 e. The van der Waals surface area contributed by atoms with Gasteiger partial charge in [0.25, 0.3) is 0 Å². The molecule has 0 spiro atoms. The molecule has 0 fully saturated rings. The van der Waals surface area contributed by atoms with Crippen molar-refractivity contribution in [1.29, 1.82) is 0 Å². The molecule has 0 atom stereocenters.